The van der Waals surface area contributed by atoms with Gasteiger partial charge in [-0.1, -0.05) is 39.0 Å². The SMILES string of the molecule is CC1(C(=O)NCC2(C(=O)O)CCCCC2)CCCC1. The monoisotopic (exact) mass is 267 g/mol. The lowest BCUT2D eigenvalue weighted by molar-refractivity contribution is -0.151. The summed E-state index contributed by atoms with van der Waals surface area (Å²) in [5, 5.41) is 12.4. The van der Waals surface area contributed by atoms with E-state index in [0.29, 0.717) is 19.4 Å². The molecule has 2 rings (SSSR count). The summed E-state index contributed by atoms with van der Waals surface area (Å²) in [6, 6.07) is 0. The quantitative estimate of drug-likeness (QED) is 0.823. The van der Waals surface area contributed by atoms with Crippen molar-refractivity contribution in [3.63, 3.8) is 0 Å². The molecular weight excluding hydrogens is 242 g/mol. The fourth-order valence-corrected chi connectivity index (χ4v) is 3.54. The lowest BCUT2D eigenvalue weighted by Crippen LogP contribution is -2.47. The van der Waals surface area contributed by atoms with E-state index in [9.17, 15) is 14.7 Å². The van der Waals surface area contributed by atoms with Crippen molar-refractivity contribution in [3.8, 4) is 0 Å². The average Bonchev–Trinajstić information content (AvgIpc) is 2.85. The van der Waals surface area contributed by atoms with Gasteiger partial charge >= 0.3 is 5.97 Å². The number of amides is 1. The van der Waals surface area contributed by atoms with Crippen molar-refractivity contribution in [1.82, 2.24) is 5.32 Å². The van der Waals surface area contributed by atoms with Gasteiger partial charge in [0, 0.05) is 12.0 Å². The lowest BCUT2D eigenvalue weighted by atomic mass is 9.73. The van der Waals surface area contributed by atoms with Crippen LogP contribution in [0.4, 0.5) is 0 Å². The first kappa shape index (κ1) is 14.4. The van der Waals surface area contributed by atoms with Gasteiger partial charge in [0.2, 0.25) is 5.91 Å². The van der Waals surface area contributed by atoms with E-state index in [1.54, 1.807) is 0 Å². The predicted molar refractivity (Wildman–Crippen MR) is 72.7 cm³/mol. The molecule has 19 heavy (non-hydrogen) atoms. The molecule has 0 bridgehead atoms. The second-order valence-corrected chi connectivity index (χ2v) is 6.60. The Kier molecular flexibility index (Phi) is 4.16. The summed E-state index contributed by atoms with van der Waals surface area (Å²) in [5.74, 6) is -0.694. The number of carbonyl (C=O) groups is 2. The minimum absolute atomic E-state index is 0.0520. The van der Waals surface area contributed by atoms with Crippen LogP contribution in [0, 0.1) is 10.8 Å². The van der Waals surface area contributed by atoms with Crippen LogP contribution in [-0.2, 0) is 9.59 Å². The highest BCUT2D eigenvalue weighted by atomic mass is 16.4. The molecule has 1 amide bonds. The molecule has 4 nitrogen and oxygen atoms in total. The molecule has 0 atom stereocenters. The fourth-order valence-electron chi connectivity index (χ4n) is 3.54. The first-order chi connectivity index (χ1) is 8.99. The fraction of sp³-hybridized carbons (Fsp3) is 0.867. The van der Waals surface area contributed by atoms with Gasteiger partial charge in [-0.15, -0.1) is 0 Å². The van der Waals surface area contributed by atoms with Crippen molar-refractivity contribution < 1.29 is 14.7 Å². The number of nitrogens with one attached hydrogen (secondary N) is 1. The Morgan fingerprint density at radius 1 is 1.00 bits per heavy atom. The molecule has 2 aliphatic carbocycles. The molecule has 0 saturated heterocycles. The highest BCUT2D eigenvalue weighted by Gasteiger charge is 2.42. The van der Waals surface area contributed by atoms with E-state index in [1.165, 1.54) is 0 Å². The van der Waals surface area contributed by atoms with E-state index in [1.807, 2.05) is 6.92 Å². The molecule has 0 heterocycles. The molecule has 0 unspecified atom stereocenters. The molecule has 0 aromatic heterocycles. The number of rotatable bonds is 4. The topological polar surface area (TPSA) is 66.4 Å². The van der Waals surface area contributed by atoms with Gasteiger partial charge in [0.15, 0.2) is 0 Å². The van der Waals surface area contributed by atoms with E-state index in [-0.39, 0.29) is 11.3 Å². The van der Waals surface area contributed by atoms with Crippen LogP contribution in [0.5, 0.6) is 0 Å². The standard InChI is InChI=1S/C15H25NO3/c1-14(7-5-6-8-14)12(17)16-11-15(13(18)19)9-3-2-4-10-15/h2-11H2,1H3,(H,16,17)(H,18,19). The Balaban J connectivity index is 1.95. The van der Waals surface area contributed by atoms with Gasteiger partial charge in [-0.05, 0) is 25.7 Å². The number of carbonyl (C=O) groups excluding carboxylic acids is 1. The van der Waals surface area contributed by atoms with Crippen molar-refractivity contribution in [2.45, 2.75) is 64.7 Å². The van der Waals surface area contributed by atoms with Crippen LogP contribution < -0.4 is 5.32 Å². The van der Waals surface area contributed by atoms with E-state index in [4.69, 9.17) is 0 Å². The highest BCUT2D eigenvalue weighted by molar-refractivity contribution is 5.83. The van der Waals surface area contributed by atoms with Crippen molar-refractivity contribution in [3.05, 3.63) is 0 Å². The normalized spacial score (nSPS) is 24.9. The molecule has 0 spiro atoms. The molecule has 0 radical (unpaired) electrons. The molecule has 108 valence electrons. The van der Waals surface area contributed by atoms with Gasteiger partial charge in [0.05, 0.1) is 5.41 Å². The third kappa shape index (κ3) is 2.93. The van der Waals surface area contributed by atoms with Crippen LogP contribution in [0.2, 0.25) is 0 Å². The zero-order valence-electron chi connectivity index (χ0n) is 11.8. The molecule has 4 heteroatoms. The molecule has 2 fully saturated rings. The molecule has 0 aliphatic heterocycles. The molecule has 0 aromatic carbocycles. The van der Waals surface area contributed by atoms with Gasteiger partial charge in [-0.2, -0.15) is 0 Å². The smallest absolute Gasteiger partial charge is 0.311 e. The maximum absolute atomic E-state index is 12.3. The first-order valence-corrected chi connectivity index (χ1v) is 7.50. The van der Waals surface area contributed by atoms with E-state index >= 15 is 0 Å². The van der Waals surface area contributed by atoms with Gasteiger partial charge in [-0.25, -0.2) is 0 Å². The van der Waals surface area contributed by atoms with Crippen molar-refractivity contribution >= 4 is 11.9 Å². The third-order valence-electron chi connectivity index (χ3n) is 5.11. The Morgan fingerprint density at radius 3 is 2.05 bits per heavy atom. The molecule has 2 aliphatic rings. The maximum Gasteiger partial charge on any atom is 0.311 e. The van der Waals surface area contributed by atoms with E-state index in [0.717, 1.165) is 44.9 Å². The van der Waals surface area contributed by atoms with E-state index in [2.05, 4.69) is 5.32 Å². The van der Waals surface area contributed by atoms with Crippen LogP contribution in [0.3, 0.4) is 0 Å². The number of hydrogen-bond acceptors (Lipinski definition) is 2. The largest absolute Gasteiger partial charge is 0.481 e. The second kappa shape index (κ2) is 5.51. The van der Waals surface area contributed by atoms with Crippen LogP contribution in [0.15, 0.2) is 0 Å². The van der Waals surface area contributed by atoms with Gasteiger partial charge in [0.25, 0.3) is 0 Å². The van der Waals surface area contributed by atoms with Crippen LogP contribution in [-0.4, -0.2) is 23.5 Å². The van der Waals surface area contributed by atoms with Crippen LogP contribution in [0.25, 0.3) is 0 Å². The maximum atomic E-state index is 12.3. The summed E-state index contributed by atoms with van der Waals surface area (Å²) in [7, 11) is 0. The van der Waals surface area contributed by atoms with Gasteiger partial charge in [0.1, 0.15) is 0 Å². The summed E-state index contributed by atoms with van der Waals surface area (Å²) in [4.78, 5) is 23.8. The van der Waals surface area contributed by atoms with Crippen molar-refractivity contribution in [2.24, 2.45) is 10.8 Å². The van der Waals surface area contributed by atoms with Crippen LogP contribution in [0.1, 0.15) is 64.7 Å². The summed E-state index contributed by atoms with van der Waals surface area (Å²) < 4.78 is 0. The number of hydrogen-bond donors (Lipinski definition) is 2. The number of carboxylic acid groups (broad SMARTS) is 1. The van der Waals surface area contributed by atoms with Crippen molar-refractivity contribution in [2.75, 3.05) is 6.54 Å². The van der Waals surface area contributed by atoms with E-state index < -0.39 is 11.4 Å². The summed E-state index contributed by atoms with van der Waals surface area (Å²) in [6.07, 6.45) is 8.48. The lowest BCUT2D eigenvalue weighted by Gasteiger charge is -2.34. The minimum atomic E-state index is -0.746. The first-order valence-electron chi connectivity index (χ1n) is 7.50. The second-order valence-electron chi connectivity index (χ2n) is 6.60. The number of aliphatic carboxylic acids is 1. The Morgan fingerprint density at radius 2 is 1.53 bits per heavy atom. The Hall–Kier alpha value is -1.06. The molecular formula is C15H25NO3. The Labute approximate surface area is 115 Å². The van der Waals surface area contributed by atoms with Gasteiger partial charge < -0.3 is 10.4 Å². The van der Waals surface area contributed by atoms with Crippen LogP contribution >= 0.6 is 0 Å². The Bertz CT molecular complexity index is 352. The summed E-state index contributed by atoms with van der Waals surface area (Å²) in [6.45, 7) is 2.31. The molecule has 2 saturated carbocycles. The predicted octanol–water partition coefficient (Wildman–Crippen LogP) is 2.72. The average molecular weight is 267 g/mol. The summed E-state index contributed by atoms with van der Waals surface area (Å²) in [5.41, 5.74) is -0.989. The molecule has 2 N–H and O–H groups in total. The summed E-state index contributed by atoms with van der Waals surface area (Å²) >= 11 is 0. The number of carboxylic acids is 1. The zero-order chi connectivity index (χ0) is 13.9. The molecule has 0 aromatic rings. The minimum Gasteiger partial charge on any atom is -0.481 e. The van der Waals surface area contributed by atoms with Gasteiger partial charge in [-0.3, -0.25) is 9.59 Å². The zero-order valence-corrected chi connectivity index (χ0v) is 11.8. The highest BCUT2D eigenvalue weighted by Crippen LogP contribution is 2.39. The third-order valence-corrected chi connectivity index (χ3v) is 5.11. The van der Waals surface area contributed by atoms with Crippen molar-refractivity contribution in [1.29, 1.82) is 0 Å².